The second-order valence-electron chi connectivity index (χ2n) is 6.30. The summed E-state index contributed by atoms with van der Waals surface area (Å²) in [5.74, 6) is 0.667. The fourth-order valence-corrected chi connectivity index (χ4v) is 2.95. The molecule has 1 amide bonds. The van der Waals surface area contributed by atoms with Gasteiger partial charge in [0.15, 0.2) is 11.5 Å². The average molecular weight is 432 g/mol. The summed E-state index contributed by atoms with van der Waals surface area (Å²) in [6.07, 6.45) is 0. The third-order valence-electron chi connectivity index (χ3n) is 4.17. The molecule has 0 saturated heterocycles. The van der Waals surface area contributed by atoms with Crippen molar-refractivity contribution in [2.45, 2.75) is 13.2 Å². The Kier molecular flexibility index (Phi) is 7.47. The summed E-state index contributed by atoms with van der Waals surface area (Å²) < 4.78 is 15.9. The Labute approximate surface area is 178 Å². The van der Waals surface area contributed by atoms with Crippen molar-refractivity contribution in [2.24, 2.45) is 0 Å². The van der Waals surface area contributed by atoms with Crippen molar-refractivity contribution in [1.82, 2.24) is 20.9 Å². The minimum absolute atomic E-state index is 0.0359. The number of aromatic nitrogens is 2. The first kappa shape index (κ1) is 21.4. The monoisotopic (exact) mass is 431 g/mol. The van der Waals surface area contributed by atoms with Gasteiger partial charge in [-0.05, 0) is 21.9 Å². The van der Waals surface area contributed by atoms with E-state index in [1.807, 2.05) is 36.4 Å². The number of hydrogen-bond acceptors (Lipinski definition) is 8. The Morgan fingerprint density at radius 2 is 2.00 bits per heavy atom. The van der Waals surface area contributed by atoms with Crippen LogP contribution >= 0.6 is 11.6 Å². The van der Waals surface area contributed by atoms with Crippen molar-refractivity contribution in [2.75, 3.05) is 25.9 Å². The van der Waals surface area contributed by atoms with Crippen LogP contribution in [-0.2, 0) is 13.2 Å². The maximum absolute atomic E-state index is 11.9. The molecular weight excluding hydrogens is 410 g/mol. The molecule has 0 fully saturated rings. The van der Waals surface area contributed by atoms with Gasteiger partial charge in [-0.3, -0.25) is 4.79 Å². The van der Waals surface area contributed by atoms with E-state index >= 15 is 0 Å². The highest BCUT2D eigenvalue weighted by Crippen LogP contribution is 2.35. The van der Waals surface area contributed by atoms with Crippen molar-refractivity contribution < 1.29 is 18.9 Å². The van der Waals surface area contributed by atoms with Crippen molar-refractivity contribution in [3.63, 3.8) is 0 Å². The second-order valence-corrected chi connectivity index (χ2v) is 6.74. The number of rotatable bonds is 10. The van der Waals surface area contributed by atoms with E-state index in [9.17, 15) is 4.79 Å². The van der Waals surface area contributed by atoms with Crippen LogP contribution in [0.25, 0.3) is 0 Å². The number of nitrogens with one attached hydrogen (secondary N) is 2. The molecule has 0 aliphatic rings. The molecule has 0 radical (unpaired) electrons. The van der Waals surface area contributed by atoms with Crippen LogP contribution < -0.4 is 25.8 Å². The van der Waals surface area contributed by atoms with Gasteiger partial charge in [-0.2, -0.15) is 0 Å². The zero-order chi connectivity index (χ0) is 21.3. The smallest absolute Gasteiger partial charge is 0.277 e. The molecule has 1 aromatic heterocycles. The highest BCUT2D eigenvalue weighted by atomic mass is 35.5. The highest BCUT2D eigenvalue weighted by Gasteiger charge is 2.16. The van der Waals surface area contributed by atoms with Crippen LogP contribution in [-0.4, -0.2) is 36.4 Å². The molecule has 10 heteroatoms. The Morgan fingerprint density at radius 3 is 2.70 bits per heavy atom. The van der Waals surface area contributed by atoms with Crippen LogP contribution in [0.1, 0.15) is 21.6 Å². The molecule has 3 rings (SSSR count). The number of methoxy groups -OCH3 is 1. The van der Waals surface area contributed by atoms with Crippen molar-refractivity contribution >= 4 is 23.3 Å². The largest absolute Gasteiger partial charge is 0.493 e. The minimum atomic E-state index is -0.452. The fraction of sp³-hybridized carbons (Fsp3) is 0.250. The summed E-state index contributed by atoms with van der Waals surface area (Å²) in [7, 11) is 1.57. The zero-order valence-electron chi connectivity index (χ0n) is 16.4. The van der Waals surface area contributed by atoms with Gasteiger partial charge in [0.25, 0.3) is 5.91 Å². The summed E-state index contributed by atoms with van der Waals surface area (Å²) in [6.45, 7) is 1.70. The molecule has 0 unspecified atom stereocenters. The highest BCUT2D eigenvalue weighted by molar-refractivity contribution is 6.30. The van der Waals surface area contributed by atoms with Gasteiger partial charge in [-0.15, -0.1) is 0 Å². The first-order valence-corrected chi connectivity index (χ1v) is 9.56. The Balaban J connectivity index is 1.57. The molecule has 30 heavy (non-hydrogen) atoms. The standard InChI is InChI=1S/C20H22ClN5O4/c1-28-16-10-15(21)9-14(18(16)29-12-13-5-3-2-4-6-13)11-23-7-8-24-20(27)17-19(22)26-30-25-17/h2-6,9-10,23H,7-8,11-12H2,1H3,(H2,22,26)(H,24,27). The number of carbonyl (C=O) groups is 1. The van der Waals surface area contributed by atoms with E-state index in [2.05, 4.69) is 25.6 Å². The SMILES string of the molecule is COc1cc(Cl)cc(CNCCNC(=O)c2nonc2N)c1OCc1ccccc1. The van der Waals surface area contributed by atoms with E-state index in [1.54, 1.807) is 13.2 Å². The van der Waals surface area contributed by atoms with Crippen LogP contribution in [0.4, 0.5) is 5.82 Å². The zero-order valence-corrected chi connectivity index (χ0v) is 17.1. The van der Waals surface area contributed by atoms with E-state index in [-0.39, 0.29) is 11.5 Å². The molecule has 0 aliphatic carbocycles. The number of carbonyl (C=O) groups excluding carboxylic acids is 1. The Morgan fingerprint density at radius 1 is 1.20 bits per heavy atom. The lowest BCUT2D eigenvalue weighted by atomic mass is 10.1. The summed E-state index contributed by atoms with van der Waals surface area (Å²) in [6, 6.07) is 13.4. The molecule has 1 heterocycles. The molecular formula is C20H22ClN5O4. The Bertz CT molecular complexity index is 981. The minimum Gasteiger partial charge on any atom is -0.493 e. The second kappa shape index (κ2) is 10.5. The lowest BCUT2D eigenvalue weighted by Crippen LogP contribution is -2.32. The molecule has 0 bridgehead atoms. The van der Waals surface area contributed by atoms with Crippen LogP contribution in [0.2, 0.25) is 5.02 Å². The number of nitrogens with zero attached hydrogens (tertiary/aromatic N) is 2. The molecule has 4 N–H and O–H groups in total. The topological polar surface area (TPSA) is 125 Å². The summed E-state index contributed by atoms with van der Waals surface area (Å²) >= 11 is 6.22. The summed E-state index contributed by atoms with van der Waals surface area (Å²) in [5, 5.41) is 13.3. The maximum Gasteiger partial charge on any atom is 0.277 e. The number of amides is 1. The molecule has 2 aromatic carbocycles. The fourth-order valence-electron chi connectivity index (χ4n) is 2.72. The lowest BCUT2D eigenvalue weighted by Gasteiger charge is -2.16. The lowest BCUT2D eigenvalue weighted by molar-refractivity contribution is 0.0944. The molecule has 9 nitrogen and oxygen atoms in total. The van der Waals surface area contributed by atoms with Gasteiger partial charge < -0.3 is 25.8 Å². The quantitative estimate of drug-likeness (QED) is 0.418. The molecule has 3 aromatic rings. The Hall–Kier alpha value is -3.30. The normalized spacial score (nSPS) is 10.6. The van der Waals surface area contributed by atoms with Gasteiger partial charge in [0, 0.05) is 36.3 Å². The first-order chi connectivity index (χ1) is 14.6. The van der Waals surface area contributed by atoms with Gasteiger partial charge in [-0.25, -0.2) is 4.63 Å². The number of nitrogens with two attached hydrogens (primary N) is 1. The van der Waals surface area contributed by atoms with E-state index in [4.69, 9.17) is 26.8 Å². The van der Waals surface area contributed by atoms with Crippen LogP contribution in [0.3, 0.4) is 0 Å². The van der Waals surface area contributed by atoms with Gasteiger partial charge in [-0.1, -0.05) is 41.9 Å². The van der Waals surface area contributed by atoms with Gasteiger partial charge in [0.05, 0.1) is 7.11 Å². The van der Waals surface area contributed by atoms with Gasteiger partial charge >= 0.3 is 0 Å². The van der Waals surface area contributed by atoms with Gasteiger partial charge in [0.1, 0.15) is 6.61 Å². The molecule has 0 aliphatic heterocycles. The number of hydrogen-bond donors (Lipinski definition) is 3. The molecule has 0 atom stereocenters. The van der Waals surface area contributed by atoms with Crippen LogP contribution in [0, 0.1) is 0 Å². The summed E-state index contributed by atoms with van der Waals surface area (Å²) in [5.41, 5.74) is 7.34. The van der Waals surface area contributed by atoms with Crippen LogP contribution in [0.5, 0.6) is 11.5 Å². The molecule has 158 valence electrons. The number of nitrogen functional groups attached to an aromatic ring is 1. The molecule has 0 saturated carbocycles. The van der Waals surface area contributed by atoms with E-state index in [0.29, 0.717) is 42.8 Å². The predicted octanol–water partition coefficient (Wildman–Crippen LogP) is 2.41. The van der Waals surface area contributed by atoms with Crippen molar-refractivity contribution in [1.29, 1.82) is 0 Å². The third kappa shape index (κ3) is 5.62. The number of ether oxygens (including phenoxy) is 2. The average Bonchev–Trinajstić information content (AvgIpc) is 3.19. The number of benzene rings is 2. The van der Waals surface area contributed by atoms with Crippen molar-refractivity contribution in [3.8, 4) is 11.5 Å². The van der Waals surface area contributed by atoms with E-state index in [1.165, 1.54) is 0 Å². The maximum atomic E-state index is 11.9. The first-order valence-electron chi connectivity index (χ1n) is 9.18. The molecule has 0 spiro atoms. The van der Waals surface area contributed by atoms with Crippen molar-refractivity contribution in [3.05, 3.63) is 64.3 Å². The predicted molar refractivity (Wildman–Crippen MR) is 112 cm³/mol. The van der Waals surface area contributed by atoms with Gasteiger partial charge in [0.2, 0.25) is 11.5 Å². The van der Waals surface area contributed by atoms with E-state index < -0.39 is 5.91 Å². The third-order valence-corrected chi connectivity index (χ3v) is 4.39. The summed E-state index contributed by atoms with van der Waals surface area (Å²) in [4.78, 5) is 11.9. The number of halogens is 1. The van der Waals surface area contributed by atoms with Crippen LogP contribution in [0.15, 0.2) is 47.1 Å². The van der Waals surface area contributed by atoms with E-state index in [0.717, 1.165) is 11.1 Å². The number of anilines is 1.